The normalized spacial score (nSPS) is 37.3. The molecule has 0 spiro atoms. The van der Waals surface area contributed by atoms with E-state index in [0.717, 1.165) is 6.92 Å². The summed E-state index contributed by atoms with van der Waals surface area (Å²) in [5.74, 6) is -27.7. The Labute approximate surface area is 294 Å². The van der Waals surface area contributed by atoms with Crippen LogP contribution in [-0.4, -0.2) is 123 Å². The summed E-state index contributed by atoms with van der Waals surface area (Å²) in [6, 6.07) is 3.23. The Hall–Kier alpha value is -3.21. The van der Waals surface area contributed by atoms with Crippen molar-refractivity contribution in [2.24, 2.45) is 39.6 Å². The van der Waals surface area contributed by atoms with Crippen molar-refractivity contribution in [1.29, 1.82) is 0 Å². The van der Waals surface area contributed by atoms with Gasteiger partial charge < -0.3 is 40.4 Å². The number of nitrogens with two attached hydrogens (primary N) is 1. The molecule has 1 aliphatic heterocycles. The lowest BCUT2D eigenvalue weighted by molar-refractivity contribution is -0.384. The summed E-state index contributed by atoms with van der Waals surface area (Å²) >= 11 is 0. The molecular weight excluding hydrogens is 741 g/mol. The number of carbonyl (C=O) groups excluding carboxylic acids is 2. The topological polar surface area (TPSA) is 193 Å². The molecule has 12 nitrogen and oxygen atoms in total. The Morgan fingerprint density at radius 2 is 1.58 bits per heavy atom. The van der Waals surface area contributed by atoms with Gasteiger partial charge in [0, 0.05) is 30.4 Å². The number of aliphatic hydroxyl groups is 4. The first kappa shape index (κ1) is 41.0. The highest BCUT2D eigenvalue weighted by Gasteiger charge is 2.81. The van der Waals surface area contributed by atoms with Gasteiger partial charge in [0.15, 0.2) is 17.9 Å². The summed E-state index contributed by atoms with van der Waals surface area (Å²) in [7, 11) is 1.25. The van der Waals surface area contributed by atoms with Crippen LogP contribution in [0.2, 0.25) is 0 Å². The average Bonchev–Trinajstić information content (AvgIpc) is 3.06. The minimum Gasteiger partial charge on any atom is -0.496 e. The third-order valence-electron chi connectivity index (χ3n) is 10.7. The van der Waals surface area contributed by atoms with E-state index in [-0.39, 0.29) is 23.3 Å². The van der Waals surface area contributed by atoms with E-state index in [1.54, 1.807) is 0 Å². The summed E-state index contributed by atoms with van der Waals surface area (Å²) in [5.41, 5.74) is 2.59. The first-order chi connectivity index (χ1) is 24.3. The van der Waals surface area contributed by atoms with Crippen molar-refractivity contribution in [3.8, 4) is 5.75 Å². The monoisotopic (exact) mass is 777 g/mol. The number of rotatable bonds is 8. The number of carbonyl (C=O) groups is 2. The van der Waals surface area contributed by atoms with Crippen molar-refractivity contribution in [2.75, 3.05) is 7.11 Å². The molecule has 296 valence electrons. The highest BCUT2D eigenvalue weighted by Crippen LogP contribution is 2.55. The Balaban J connectivity index is 1.53. The number of nitrogens with zero attached hydrogens (tertiary/aromatic N) is 2. The predicted octanol–water partition coefficient (Wildman–Crippen LogP) is 2.92. The highest BCUT2D eigenvalue weighted by atomic mass is 19.4. The van der Waals surface area contributed by atoms with Crippen LogP contribution in [0.5, 0.6) is 5.75 Å². The number of benzene rings is 1. The van der Waals surface area contributed by atoms with Gasteiger partial charge in [0.2, 0.25) is 0 Å². The number of hydrogen-bond acceptors (Lipinski definition) is 12. The predicted molar refractivity (Wildman–Crippen MR) is 162 cm³/mol. The lowest BCUT2D eigenvalue weighted by Crippen LogP contribution is -2.66. The zero-order chi connectivity index (χ0) is 39.8. The second-order valence-electron chi connectivity index (χ2n) is 13.9. The van der Waals surface area contributed by atoms with Crippen LogP contribution in [-0.2, 0) is 9.47 Å². The van der Waals surface area contributed by atoms with Crippen LogP contribution in [0.3, 0.4) is 0 Å². The average molecular weight is 778 g/mol. The van der Waals surface area contributed by atoms with Crippen LogP contribution in [0.4, 0.5) is 39.5 Å². The van der Waals surface area contributed by atoms with Crippen LogP contribution >= 0.6 is 0 Å². The molecule has 1 heterocycles. The van der Waals surface area contributed by atoms with E-state index in [1.165, 1.54) is 32.2 Å². The highest BCUT2D eigenvalue weighted by molar-refractivity contribution is 6.18. The molecule has 12 atom stereocenters. The van der Waals surface area contributed by atoms with E-state index in [2.05, 4.69) is 10.2 Å². The zero-order valence-corrected chi connectivity index (χ0v) is 28.0. The van der Waals surface area contributed by atoms with Crippen LogP contribution in [0, 0.1) is 23.7 Å². The van der Waals surface area contributed by atoms with Gasteiger partial charge in [-0.1, -0.05) is 12.1 Å². The van der Waals surface area contributed by atoms with Crippen molar-refractivity contribution < 1.29 is 83.7 Å². The Morgan fingerprint density at radius 3 is 2.17 bits per heavy atom. The first-order valence-electron chi connectivity index (χ1n) is 16.2. The van der Waals surface area contributed by atoms with Gasteiger partial charge in [0.25, 0.3) is 0 Å². The summed E-state index contributed by atoms with van der Waals surface area (Å²) in [6.07, 6.45) is -18.2. The van der Waals surface area contributed by atoms with Gasteiger partial charge in [0.1, 0.15) is 17.6 Å². The minimum absolute atomic E-state index is 0.0175. The number of Topliss-reactive ketones (excluding diaryl/α,β-unsaturated/α-hetero) is 2. The fourth-order valence-corrected chi connectivity index (χ4v) is 7.80. The van der Waals surface area contributed by atoms with Crippen molar-refractivity contribution in [3.05, 3.63) is 29.3 Å². The number of ketones is 2. The number of aliphatic hydroxyl groups excluding tert-OH is 3. The van der Waals surface area contributed by atoms with E-state index in [4.69, 9.17) is 19.9 Å². The molecule has 0 aromatic heterocycles. The van der Waals surface area contributed by atoms with Gasteiger partial charge in [0.05, 0.1) is 60.7 Å². The molecule has 5 rings (SSSR count). The molecule has 2 saturated carbocycles. The zero-order valence-electron chi connectivity index (χ0n) is 28.0. The molecule has 0 amide bonds. The second kappa shape index (κ2) is 13.8. The summed E-state index contributed by atoms with van der Waals surface area (Å²) in [4.78, 5) is 27.7. The first-order valence-corrected chi connectivity index (χ1v) is 16.2. The van der Waals surface area contributed by atoms with E-state index in [1.807, 2.05) is 0 Å². The smallest absolute Gasteiger partial charge is 0.460 e. The van der Waals surface area contributed by atoms with Crippen LogP contribution < -0.4 is 10.5 Å². The van der Waals surface area contributed by atoms with Gasteiger partial charge in [-0.25, -0.2) is 0 Å². The molecule has 1 saturated heterocycles. The third kappa shape index (κ3) is 6.64. The molecule has 11 unspecified atom stereocenters. The SMILES string of the molecule is COc1cccc2c1C(=O)C1C(O)C3C(OC4CC(N)C(O)C(C)O4)C[C@](O)(/C(C)=N/N=C/C(F)(F)C(F)(F)C(F)(F)C(F)(F)F)CC3C(O)C1C2=O. The molecule has 21 heteroatoms. The molecule has 0 radical (unpaired) electrons. The Morgan fingerprint density at radius 1 is 0.962 bits per heavy atom. The van der Waals surface area contributed by atoms with Gasteiger partial charge >= 0.3 is 23.9 Å². The van der Waals surface area contributed by atoms with Crippen molar-refractivity contribution in [3.63, 3.8) is 0 Å². The molecule has 6 N–H and O–H groups in total. The van der Waals surface area contributed by atoms with Gasteiger partial charge in [-0.2, -0.15) is 49.7 Å². The minimum atomic E-state index is -7.19. The maximum Gasteiger partial charge on any atom is 0.460 e. The number of halogens is 9. The van der Waals surface area contributed by atoms with Gasteiger partial charge in [-0.05, 0) is 32.3 Å². The molecule has 1 aromatic rings. The lowest BCUT2D eigenvalue weighted by atomic mass is 9.52. The number of ether oxygens (including phenoxy) is 3. The fraction of sp³-hybridized carbons (Fsp3) is 0.688. The molecule has 3 aliphatic carbocycles. The Kier molecular flexibility index (Phi) is 10.7. The van der Waals surface area contributed by atoms with Crippen molar-refractivity contribution in [2.45, 2.75) is 106 Å². The van der Waals surface area contributed by atoms with E-state index < -0.39 is 132 Å². The van der Waals surface area contributed by atoms with Crippen LogP contribution in [0.25, 0.3) is 0 Å². The van der Waals surface area contributed by atoms with Gasteiger partial charge in [-0.15, -0.1) is 0 Å². The molecule has 3 fully saturated rings. The van der Waals surface area contributed by atoms with Crippen LogP contribution in [0.1, 0.15) is 53.8 Å². The second-order valence-corrected chi connectivity index (χ2v) is 13.9. The summed E-state index contributed by atoms with van der Waals surface area (Å²) < 4.78 is 137. The maximum absolute atomic E-state index is 14.1. The van der Waals surface area contributed by atoms with Crippen molar-refractivity contribution in [1.82, 2.24) is 0 Å². The summed E-state index contributed by atoms with van der Waals surface area (Å²) in [5, 5.41) is 51.5. The third-order valence-corrected chi connectivity index (χ3v) is 10.7. The molecule has 1 aromatic carbocycles. The quantitative estimate of drug-likeness (QED) is 0.149. The molecule has 4 aliphatic rings. The Bertz CT molecular complexity index is 1650. The van der Waals surface area contributed by atoms with E-state index in [9.17, 15) is 69.5 Å². The number of methoxy groups -OCH3 is 1. The molecular formula is C32H36F9N3O9. The van der Waals surface area contributed by atoms with Crippen molar-refractivity contribution >= 4 is 23.5 Å². The lowest BCUT2D eigenvalue weighted by Gasteiger charge is -2.56. The number of alkyl halides is 9. The van der Waals surface area contributed by atoms with Crippen LogP contribution in [0.15, 0.2) is 28.4 Å². The molecule has 53 heavy (non-hydrogen) atoms. The van der Waals surface area contributed by atoms with E-state index >= 15 is 0 Å². The number of fused-ring (bicyclic) bond motifs is 3. The summed E-state index contributed by atoms with van der Waals surface area (Å²) in [6.45, 7) is 2.37. The largest absolute Gasteiger partial charge is 0.496 e. The maximum atomic E-state index is 14.1. The van der Waals surface area contributed by atoms with Gasteiger partial charge in [-0.3, -0.25) is 9.59 Å². The van der Waals surface area contributed by atoms with E-state index in [0.29, 0.717) is 0 Å². The fourth-order valence-electron chi connectivity index (χ4n) is 7.80. The molecule has 0 bridgehead atoms. The number of hydrogen-bond donors (Lipinski definition) is 5. The standard InChI is InChI=1S/C32H36F9N3O9/c1-11-23(45)15(42)7-18(52-11)53-17-9-28(50,12(2)44-43-10-29(33,34)30(35,36)31(37,38)32(39,40)41)8-14-20(17)27(49)22-21(25(14)47)24(46)13-5-4-6-16(51-3)19(13)26(22)48/h4-6,10-11,14-15,17-18,20-23,25,27,45,47,49-50H,7-9,42H2,1-3H3/b43-10+,44-12+/t11?,14?,15?,17?,18?,20?,21?,22?,23?,25?,27?,28-/m0/s1.